The van der Waals surface area contributed by atoms with Crippen LogP contribution in [0, 0.1) is 6.92 Å². The zero-order valence-corrected chi connectivity index (χ0v) is 18.9. The summed E-state index contributed by atoms with van der Waals surface area (Å²) in [6.45, 7) is 7.48. The Labute approximate surface area is 180 Å². The van der Waals surface area contributed by atoms with Gasteiger partial charge >= 0.3 is 0 Å². The molecule has 0 aliphatic heterocycles. The van der Waals surface area contributed by atoms with E-state index in [2.05, 4.69) is 12.2 Å². The predicted octanol–water partition coefficient (Wildman–Crippen LogP) is 5.05. The normalized spacial score (nSPS) is 12.5. The Bertz CT molecular complexity index is 676. The Morgan fingerprint density at radius 2 is 2.03 bits per heavy atom. The molecule has 0 saturated carbocycles. The number of methoxy groups -OCH3 is 1. The number of nitrogens with zero attached hydrogens (tertiary/aromatic N) is 1. The second-order valence-electron chi connectivity index (χ2n) is 7.25. The minimum Gasteiger partial charge on any atom is -0.385 e. The number of rotatable bonds is 14. The van der Waals surface area contributed by atoms with Crippen molar-refractivity contribution in [1.82, 2.24) is 5.32 Å². The molecule has 0 spiro atoms. The van der Waals surface area contributed by atoms with E-state index in [1.807, 2.05) is 36.9 Å². The van der Waals surface area contributed by atoms with Crippen molar-refractivity contribution in [2.75, 3.05) is 25.2 Å². The van der Waals surface area contributed by atoms with Gasteiger partial charge in [-0.1, -0.05) is 44.4 Å². The lowest BCUT2D eigenvalue weighted by Crippen LogP contribution is -2.36. The minimum atomic E-state index is -0.329. The minimum absolute atomic E-state index is 0.0776. The molecular formula is C23H35ClN2O3. The highest BCUT2D eigenvalue weighted by Gasteiger charge is 2.17. The van der Waals surface area contributed by atoms with E-state index < -0.39 is 0 Å². The number of amides is 1. The number of benzene rings is 1. The zero-order valence-electron chi connectivity index (χ0n) is 18.2. The van der Waals surface area contributed by atoms with Gasteiger partial charge in [-0.3, -0.25) is 9.59 Å². The van der Waals surface area contributed by atoms with Crippen LogP contribution in [0.4, 0.5) is 5.69 Å². The largest absolute Gasteiger partial charge is 0.385 e. The van der Waals surface area contributed by atoms with E-state index in [1.165, 1.54) is 0 Å². The second-order valence-corrected chi connectivity index (χ2v) is 7.68. The van der Waals surface area contributed by atoms with E-state index in [0.29, 0.717) is 24.5 Å². The Morgan fingerprint density at radius 1 is 1.28 bits per heavy atom. The summed E-state index contributed by atoms with van der Waals surface area (Å²) in [6, 6.07) is 5.71. The first-order chi connectivity index (χ1) is 14.0. The van der Waals surface area contributed by atoms with Crippen LogP contribution in [0.2, 0.25) is 5.02 Å². The van der Waals surface area contributed by atoms with Crippen LogP contribution in [0.1, 0.15) is 57.9 Å². The van der Waals surface area contributed by atoms with Gasteiger partial charge in [-0.2, -0.15) is 0 Å². The molecule has 1 aromatic rings. The van der Waals surface area contributed by atoms with E-state index >= 15 is 0 Å². The molecule has 29 heavy (non-hydrogen) atoms. The molecule has 0 saturated heterocycles. The number of aryl methyl sites for hydroxylation is 1. The molecular weight excluding hydrogens is 388 g/mol. The number of nitrogens with one attached hydrogen (secondary N) is 1. The van der Waals surface area contributed by atoms with Crippen LogP contribution in [0.5, 0.6) is 0 Å². The number of hydrogen-bond acceptors (Lipinski definition) is 4. The maximum absolute atomic E-state index is 12.7. The summed E-state index contributed by atoms with van der Waals surface area (Å²) in [7, 11) is 1.68. The van der Waals surface area contributed by atoms with E-state index in [-0.39, 0.29) is 17.5 Å². The topological polar surface area (TPSA) is 58.6 Å². The highest BCUT2D eigenvalue weighted by atomic mass is 35.5. The standard InChI is InChI=1S/C23H35ClN2O3/c1-5-7-10-21(6-2)25-23(28)19(17-27)16-26(13-8-9-14-29-4)22-15-20(24)12-11-18(22)3/h11-12,15-17,21H,5-10,13-14H2,1-4H3,(H,25,28)/b19-16+/t21-/m0/s1. The van der Waals surface area contributed by atoms with Crippen LogP contribution in [0.25, 0.3) is 0 Å². The number of carbonyl (C=O) groups is 2. The third-order valence-corrected chi connectivity index (χ3v) is 5.13. The molecule has 0 aromatic heterocycles. The number of ether oxygens (including phenoxy) is 1. The van der Waals surface area contributed by atoms with Gasteiger partial charge < -0.3 is 15.0 Å². The SMILES string of the molecule is CCCC[C@H](CC)NC(=O)/C(C=O)=C/N(CCCCOC)c1cc(Cl)ccc1C. The van der Waals surface area contributed by atoms with Crippen LogP contribution in [-0.2, 0) is 14.3 Å². The number of carbonyl (C=O) groups excluding carboxylic acids is 2. The van der Waals surface area contributed by atoms with Gasteiger partial charge in [-0.05, 0) is 50.3 Å². The molecule has 0 fully saturated rings. The summed E-state index contributed by atoms with van der Waals surface area (Å²) in [6.07, 6.45) is 7.89. The molecule has 1 atom stereocenters. The van der Waals surface area contributed by atoms with Crippen molar-refractivity contribution < 1.29 is 14.3 Å². The average molecular weight is 423 g/mol. The molecule has 0 unspecified atom stereocenters. The Kier molecular flexibility index (Phi) is 12.3. The van der Waals surface area contributed by atoms with Crippen molar-refractivity contribution >= 4 is 29.5 Å². The fourth-order valence-corrected chi connectivity index (χ4v) is 3.25. The average Bonchev–Trinajstić information content (AvgIpc) is 2.72. The van der Waals surface area contributed by atoms with Crippen LogP contribution in [-0.4, -0.2) is 38.5 Å². The third kappa shape index (κ3) is 9.01. The quantitative estimate of drug-likeness (QED) is 0.150. The number of hydrogen-bond donors (Lipinski definition) is 1. The number of unbranched alkanes of at least 4 members (excludes halogenated alkanes) is 2. The number of halogens is 1. The lowest BCUT2D eigenvalue weighted by Gasteiger charge is -2.24. The lowest BCUT2D eigenvalue weighted by atomic mass is 10.1. The lowest BCUT2D eigenvalue weighted by molar-refractivity contribution is -0.120. The van der Waals surface area contributed by atoms with Crippen molar-refractivity contribution in [2.24, 2.45) is 0 Å². The van der Waals surface area contributed by atoms with Crippen LogP contribution >= 0.6 is 11.6 Å². The number of anilines is 1. The van der Waals surface area contributed by atoms with Gasteiger partial charge in [0.15, 0.2) is 6.29 Å². The van der Waals surface area contributed by atoms with Gasteiger partial charge in [-0.15, -0.1) is 0 Å². The molecule has 0 bridgehead atoms. The van der Waals surface area contributed by atoms with Crippen molar-refractivity contribution in [2.45, 2.75) is 65.3 Å². The summed E-state index contributed by atoms with van der Waals surface area (Å²) in [5.74, 6) is -0.329. The molecule has 1 aromatic carbocycles. The zero-order chi connectivity index (χ0) is 21.6. The fourth-order valence-electron chi connectivity index (χ4n) is 3.08. The van der Waals surface area contributed by atoms with Crippen molar-refractivity contribution in [1.29, 1.82) is 0 Å². The van der Waals surface area contributed by atoms with E-state index in [4.69, 9.17) is 16.3 Å². The van der Waals surface area contributed by atoms with Gasteiger partial charge in [0.2, 0.25) is 0 Å². The molecule has 0 heterocycles. The van der Waals surface area contributed by atoms with Gasteiger partial charge in [0.1, 0.15) is 0 Å². The summed E-state index contributed by atoms with van der Waals surface area (Å²) in [4.78, 5) is 26.4. The third-order valence-electron chi connectivity index (χ3n) is 4.90. The van der Waals surface area contributed by atoms with Gasteiger partial charge in [-0.25, -0.2) is 0 Å². The summed E-state index contributed by atoms with van der Waals surface area (Å²) in [5, 5.41) is 3.61. The van der Waals surface area contributed by atoms with Crippen molar-refractivity contribution in [3.05, 3.63) is 40.6 Å². The Hall–Kier alpha value is -1.85. The molecule has 1 N–H and O–H groups in total. The summed E-state index contributed by atoms with van der Waals surface area (Å²) >= 11 is 6.20. The molecule has 162 valence electrons. The van der Waals surface area contributed by atoms with E-state index in [9.17, 15) is 9.59 Å². The number of aldehydes is 1. The monoisotopic (exact) mass is 422 g/mol. The molecule has 5 nitrogen and oxygen atoms in total. The fraction of sp³-hybridized carbons (Fsp3) is 0.565. The second kappa shape index (κ2) is 14.2. The molecule has 0 aliphatic rings. The molecule has 1 rings (SSSR count). The Balaban J connectivity index is 3.07. The Morgan fingerprint density at radius 3 is 2.66 bits per heavy atom. The highest BCUT2D eigenvalue weighted by molar-refractivity contribution is 6.30. The first-order valence-corrected chi connectivity index (χ1v) is 10.8. The van der Waals surface area contributed by atoms with Crippen LogP contribution < -0.4 is 10.2 Å². The first-order valence-electron chi connectivity index (χ1n) is 10.5. The molecule has 6 heteroatoms. The van der Waals surface area contributed by atoms with Crippen molar-refractivity contribution in [3.63, 3.8) is 0 Å². The smallest absolute Gasteiger partial charge is 0.256 e. The van der Waals surface area contributed by atoms with Gasteiger partial charge in [0.25, 0.3) is 5.91 Å². The van der Waals surface area contributed by atoms with E-state index in [0.717, 1.165) is 49.8 Å². The highest BCUT2D eigenvalue weighted by Crippen LogP contribution is 2.25. The van der Waals surface area contributed by atoms with Crippen LogP contribution in [0.3, 0.4) is 0 Å². The molecule has 0 aliphatic carbocycles. The van der Waals surface area contributed by atoms with Crippen molar-refractivity contribution in [3.8, 4) is 0 Å². The van der Waals surface area contributed by atoms with E-state index in [1.54, 1.807) is 13.3 Å². The molecule has 1 amide bonds. The van der Waals surface area contributed by atoms with Gasteiger partial charge in [0.05, 0.1) is 5.57 Å². The maximum Gasteiger partial charge on any atom is 0.256 e. The molecule has 0 radical (unpaired) electrons. The predicted molar refractivity (Wildman–Crippen MR) is 121 cm³/mol. The van der Waals surface area contributed by atoms with Crippen LogP contribution in [0.15, 0.2) is 30.0 Å². The van der Waals surface area contributed by atoms with Gasteiger partial charge in [0, 0.05) is 43.2 Å². The maximum atomic E-state index is 12.7. The summed E-state index contributed by atoms with van der Waals surface area (Å²) in [5.41, 5.74) is 2.03. The summed E-state index contributed by atoms with van der Waals surface area (Å²) < 4.78 is 5.13. The first kappa shape index (κ1) is 25.2.